The fourth-order valence-electron chi connectivity index (χ4n) is 2.12. The number of halogens is 3. The molecule has 21 heavy (non-hydrogen) atoms. The van der Waals surface area contributed by atoms with Crippen LogP contribution in [-0.2, 0) is 0 Å². The van der Waals surface area contributed by atoms with Crippen molar-refractivity contribution in [2.24, 2.45) is 0 Å². The van der Waals surface area contributed by atoms with Gasteiger partial charge in [0.25, 0.3) is 0 Å². The molecule has 0 amide bonds. The quantitative estimate of drug-likeness (QED) is 0.877. The summed E-state index contributed by atoms with van der Waals surface area (Å²) in [7, 11) is 0. The number of benzene rings is 1. The lowest BCUT2D eigenvalue weighted by Gasteiger charge is -2.21. The number of rotatable bonds is 5. The molecule has 0 aliphatic carbocycles. The monoisotopic (exact) mass is 305 g/mol. The van der Waals surface area contributed by atoms with Crippen LogP contribution in [0.1, 0.15) is 25.0 Å². The van der Waals surface area contributed by atoms with Crippen molar-refractivity contribution in [3.8, 4) is 11.5 Å². The first-order valence-electron chi connectivity index (χ1n) is 6.73. The summed E-state index contributed by atoms with van der Waals surface area (Å²) in [6.07, 6.45) is -6.05. The molecule has 1 aliphatic rings. The van der Waals surface area contributed by atoms with Gasteiger partial charge in [0.05, 0.1) is 12.5 Å². The lowest BCUT2D eigenvalue weighted by Crippen LogP contribution is -2.34. The Balaban J connectivity index is 1.90. The maximum Gasteiger partial charge on any atom is 0.390 e. The van der Waals surface area contributed by atoms with Crippen LogP contribution in [0.4, 0.5) is 13.2 Å². The van der Waals surface area contributed by atoms with E-state index in [1.807, 2.05) is 0 Å². The molecule has 2 unspecified atom stereocenters. The maximum atomic E-state index is 12.2. The van der Waals surface area contributed by atoms with Gasteiger partial charge < -0.3 is 19.9 Å². The van der Waals surface area contributed by atoms with Crippen LogP contribution in [0.2, 0.25) is 0 Å². The molecule has 0 fully saturated rings. The van der Waals surface area contributed by atoms with Crippen molar-refractivity contribution in [2.75, 3.05) is 19.8 Å². The van der Waals surface area contributed by atoms with Gasteiger partial charge in [-0.25, -0.2) is 0 Å². The molecule has 0 bridgehead atoms. The Hall–Kier alpha value is -1.47. The lowest BCUT2D eigenvalue weighted by molar-refractivity contribution is -0.139. The Morgan fingerprint density at radius 3 is 2.57 bits per heavy atom. The Labute approximate surface area is 120 Å². The van der Waals surface area contributed by atoms with Crippen molar-refractivity contribution in [2.45, 2.75) is 31.7 Å². The molecule has 2 N–H and O–H groups in total. The molecule has 1 aromatic carbocycles. The summed E-state index contributed by atoms with van der Waals surface area (Å²) >= 11 is 0. The average molecular weight is 305 g/mol. The summed E-state index contributed by atoms with van der Waals surface area (Å²) in [4.78, 5) is 0. The van der Waals surface area contributed by atoms with Gasteiger partial charge in [0.1, 0.15) is 13.2 Å². The van der Waals surface area contributed by atoms with E-state index in [1.165, 1.54) is 6.92 Å². The second kappa shape index (κ2) is 6.53. The van der Waals surface area contributed by atoms with Gasteiger partial charge in [-0.05, 0) is 24.6 Å². The predicted octanol–water partition coefficient (Wildman–Crippen LogP) is 2.42. The summed E-state index contributed by atoms with van der Waals surface area (Å²) in [6, 6.07) is 4.26. The molecule has 0 saturated carbocycles. The molecule has 1 aliphatic heterocycles. The number of hydrogen-bond donors (Lipinski definition) is 2. The summed E-state index contributed by atoms with van der Waals surface area (Å²) in [6.45, 7) is 2.39. The van der Waals surface area contributed by atoms with Crippen molar-refractivity contribution in [1.29, 1.82) is 0 Å². The van der Waals surface area contributed by atoms with E-state index < -0.39 is 24.7 Å². The highest BCUT2D eigenvalue weighted by molar-refractivity contribution is 5.44. The summed E-state index contributed by atoms with van der Waals surface area (Å²) < 4.78 is 47.4. The Kier molecular flexibility index (Phi) is 4.95. The molecule has 0 spiro atoms. The van der Waals surface area contributed by atoms with Gasteiger partial charge >= 0.3 is 6.18 Å². The summed E-state index contributed by atoms with van der Waals surface area (Å²) in [5.41, 5.74) is 0.575. The van der Waals surface area contributed by atoms with E-state index in [1.54, 1.807) is 18.2 Å². The first kappa shape index (κ1) is 15.9. The minimum atomic E-state index is -4.21. The van der Waals surface area contributed by atoms with Crippen LogP contribution in [0.5, 0.6) is 11.5 Å². The maximum absolute atomic E-state index is 12.2. The van der Waals surface area contributed by atoms with Crippen molar-refractivity contribution >= 4 is 0 Å². The minimum Gasteiger partial charge on any atom is -0.486 e. The fourth-order valence-corrected chi connectivity index (χ4v) is 2.12. The first-order valence-corrected chi connectivity index (χ1v) is 6.73. The van der Waals surface area contributed by atoms with E-state index in [0.29, 0.717) is 30.3 Å². The number of aliphatic hydroxyl groups is 1. The first-order chi connectivity index (χ1) is 9.85. The van der Waals surface area contributed by atoms with E-state index in [2.05, 4.69) is 5.32 Å². The van der Waals surface area contributed by atoms with Crippen molar-refractivity contribution in [1.82, 2.24) is 5.32 Å². The van der Waals surface area contributed by atoms with Gasteiger partial charge in [-0.15, -0.1) is 0 Å². The molecule has 4 nitrogen and oxygen atoms in total. The van der Waals surface area contributed by atoms with E-state index in [0.717, 1.165) is 0 Å². The average Bonchev–Trinajstić information content (AvgIpc) is 2.42. The normalized spacial score (nSPS) is 17.4. The van der Waals surface area contributed by atoms with E-state index in [-0.39, 0.29) is 6.54 Å². The summed E-state index contributed by atoms with van der Waals surface area (Å²) in [5, 5.41) is 12.7. The molecule has 0 aromatic heterocycles. The largest absolute Gasteiger partial charge is 0.486 e. The molecule has 0 saturated heterocycles. The molecule has 2 rings (SSSR count). The third-order valence-electron chi connectivity index (χ3n) is 3.15. The molecule has 1 heterocycles. The van der Waals surface area contributed by atoms with Crippen LogP contribution in [0.25, 0.3) is 0 Å². The zero-order chi connectivity index (χ0) is 15.5. The molecule has 2 atom stereocenters. The molecular formula is C14H18F3NO3. The van der Waals surface area contributed by atoms with Gasteiger partial charge in [0.15, 0.2) is 11.5 Å². The minimum absolute atomic E-state index is 0.0386. The third-order valence-corrected chi connectivity index (χ3v) is 3.15. The second-order valence-corrected chi connectivity index (χ2v) is 5.05. The zero-order valence-corrected chi connectivity index (χ0v) is 11.6. The van der Waals surface area contributed by atoms with Crippen LogP contribution >= 0.6 is 0 Å². The lowest BCUT2D eigenvalue weighted by atomic mass is 10.1. The highest BCUT2D eigenvalue weighted by atomic mass is 19.4. The van der Waals surface area contributed by atoms with E-state index >= 15 is 0 Å². The molecule has 118 valence electrons. The van der Waals surface area contributed by atoms with Gasteiger partial charge in [-0.1, -0.05) is 6.07 Å². The van der Waals surface area contributed by atoms with Gasteiger partial charge in [-0.2, -0.15) is 13.2 Å². The van der Waals surface area contributed by atoms with Gasteiger partial charge in [0, 0.05) is 12.6 Å². The number of aliphatic hydroxyl groups excluding tert-OH is 1. The molecule has 1 aromatic rings. The predicted molar refractivity (Wildman–Crippen MR) is 70.5 cm³/mol. The highest BCUT2D eigenvalue weighted by Gasteiger charge is 2.30. The number of alkyl halides is 3. The van der Waals surface area contributed by atoms with Crippen LogP contribution in [0.3, 0.4) is 0 Å². The second-order valence-electron chi connectivity index (χ2n) is 5.05. The van der Waals surface area contributed by atoms with E-state index in [4.69, 9.17) is 9.47 Å². The Morgan fingerprint density at radius 2 is 1.90 bits per heavy atom. The summed E-state index contributed by atoms with van der Waals surface area (Å²) in [5.74, 6) is 1.15. The van der Waals surface area contributed by atoms with Crippen LogP contribution in [0, 0.1) is 0 Å². The Morgan fingerprint density at radius 1 is 1.24 bits per heavy atom. The molecule has 7 heteroatoms. The van der Waals surface area contributed by atoms with Gasteiger partial charge in [0.2, 0.25) is 0 Å². The molecule has 0 radical (unpaired) electrons. The number of fused-ring (bicyclic) bond motifs is 1. The third kappa shape index (κ3) is 4.78. The van der Waals surface area contributed by atoms with Crippen LogP contribution in [-0.4, -0.2) is 37.1 Å². The number of nitrogens with one attached hydrogen (secondary N) is 1. The number of ether oxygens (including phenoxy) is 2. The molecular weight excluding hydrogens is 287 g/mol. The smallest absolute Gasteiger partial charge is 0.390 e. The Bertz CT molecular complexity index is 479. The topological polar surface area (TPSA) is 50.7 Å². The van der Waals surface area contributed by atoms with E-state index in [9.17, 15) is 18.3 Å². The highest BCUT2D eigenvalue weighted by Crippen LogP contribution is 2.32. The van der Waals surface area contributed by atoms with Crippen LogP contribution < -0.4 is 14.8 Å². The van der Waals surface area contributed by atoms with Crippen molar-refractivity contribution in [3.63, 3.8) is 0 Å². The van der Waals surface area contributed by atoms with Crippen molar-refractivity contribution < 1.29 is 27.8 Å². The SMILES string of the molecule is CC(CC(F)(F)F)NCC(O)c1ccc2c(c1)OCCO2. The fraction of sp³-hybridized carbons (Fsp3) is 0.571. The number of hydrogen-bond acceptors (Lipinski definition) is 4. The van der Waals surface area contributed by atoms with Gasteiger partial charge in [-0.3, -0.25) is 0 Å². The van der Waals surface area contributed by atoms with Crippen LogP contribution in [0.15, 0.2) is 18.2 Å². The zero-order valence-electron chi connectivity index (χ0n) is 11.6. The van der Waals surface area contributed by atoms with Crippen molar-refractivity contribution in [3.05, 3.63) is 23.8 Å². The standard InChI is InChI=1S/C14H18F3NO3/c1-9(7-14(15,16)17)18-8-11(19)10-2-3-12-13(6-10)21-5-4-20-12/h2-3,6,9,11,18-19H,4-5,7-8H2,1H3.